The minimum absolute atomic E-state index is 0.0255. The number of nitrogens with zero attached hydrogens (tertiary/aromatic N) is 4. The zero-order valence-electron chi connectivity index (χ0n) is 24.3. The molecule has 3 heterocycles. The highest BCUT2D eigenvalue weighted by Gasteiger charge is 2.57. The van der Waals surface area contributed by atoms with Crippen LogP contribution in [0.1, 0.15) is 44.4 Å². The van der Waals surface area contributed by atoms with Crippen molar-refractivity contribution >= 4 is 56.1 Å². The molecule has 244 valence electrons. The number of ether oxygens (including phenoxy) is 1. The van der Waals surface area contributed by atoms with Crippen LogP contribution in [0.2, 0.25) is 0 Å². The number of rotatable bonds is 14. The number of ketones is 1. The second-order valence-corrected chi connectivity index (χ2v) is 12.6. The van der Waals surface area contributed by atoms with Crippen molar-refractivity contribution in [3.8, 4) is 5.75 Å². The van der Waals surface area contributed by atoms with E-state index < -0.39 is 64.4 Å². The lowest BCUT2D eigenvalue weighted by atomic mass is 9.74. The van der Waals surface area contributed by atoms with E-state index in [9.17, 15) is 27.9 Å². The van der Waals surface area contributed by atoms with Crippen molar-refractivity contribution in [3.63, 3.8) is 0 Å². The van der Waals surface area contributed by atoms with Crippen LogP contribution in [-0.2, 0) is 33.9 Å². The van der Waals surface area contributed by atoms with Crippen LogP contribution in [0.5, 0.6) is 5.75 Å². The molecule has 2 saturated heterocycles. The van der Waals surface area contributed by atoms with Crippen molar-refractivity contribution in [1.82, 2.24) is 15.4 Å². The summed E-state index contributed by atoms with van der Waals surface area (Å²) in [6.45, 7) is 4.11. The van der Waals surface area contributed by atoms with Crippen LogP contribution in [0.25, 0.3) is 0 Å². The number of thiazole rings is 1. The molecule has 0 radical (unpaired) electrons. The molecule has 19 heteroatoms. The monoisotopic (exact) mass is 667 g/mol. The highest BCUT2D eigenvalue weighted by molar-refractivity contribution is 7.80. The summed E-state index contributed by atoms with van der Waals surface area (Å²) in [5, 5.41) is 18.7. The molecule has 2 aromatic rings. The quantitative estimate of drug-likeness (QED) is 0.0599. The molecule has 2 atom stereocenters. The van der Waals surface area contributed by atoms with Crippen LogP contribution in [-0.4, -0.2) is 94.7 Å². The maximum atomic E-state index is 13.3. The van der Waals surface area contributed by atoms with Gasteiger partial charge in [0, 0.05) is 17.4 Å². The van der Waals surface area contributed by atoms with Gasteiger partial charge in [-0.25, -0.2) is 9.78 Å². The van der Waals surface area contributed by atoms with Gasteiger partial charge in [-0.3, -0.25) is 19.1 Å². The number of hydrogen-bond acceptors (Lipinski definition) is 14. The number of carboxylic acid groups (broad SMARTS) is 1. The number of amides is 1. The first-order valence-electron chi connectivity index (χ1n) is 13.6. The number of β-lactam (4-membered cyclic amide) rings is 1. The Morgan fingerprint density at radius 3 is 2.47 bits per heavy atom. The van der Waals surface area contributed by atoms with E-state index in [1.54, 1.807) is 24.3 Å². The zero-order chi connectivity index (χ0) is 32.9. The van der Waals surface area contributed by atoms with Crippen molar-refractivity contribution in [3.05, 3.63) is 40.9 Å². The van der Waals surface area contributed by atoms with E-state index in [0.29, 0.717) is 22.2 Å². The van der Waals surface area contributed by atoms with Crippen molar-refractivity contribution < 1.29 is 46.3 Å². The molecular formula is C26H33N7O10S2. The number of nitrogens with one attached hydrogen (secondary N) is 1. The molecule has 0 unspecified atom stereocenters. The van der Waals surface area contributed by atoms with Gasteiger partial charge in [-0.15, -0.1) is 15.6 Å². The Kier molecular flexibility index (Phi) is 10.4. The molecule has 2 aliphatic heterocycles. The second-order valence-electron chi connectivity index (χ2n) is 10.7. The summed E-state index contributed by atoms with van der Waals surface area (Å²) in [5.74, 6) is -3.47. The fourth-order valence-corrected chi connectivity index (χ4v) is 5.65. The third-order valence-corrected chi connectivity index (χ3v) is 8.20. The summed E-state index contributed by atoms with van der Waals surface area (Å²) in [6, 6.07) is 6.73. The van der Waals surface area contributed by atoms with Gasteiger partial charge in [0.15, 0.2) is 16.6 Å². The van der Waals surface area contributed by atoms with Gasteiger partial charge in [0.05, 0.1) is 17.5 Å². The Labute approximate surface area is 262 Å². The predicted molar refractivity (Wildman–Crippen MR) is 161 cm³/mol. The summed E-state index contributed by atoms with van der Waals surface area (Å²) >= 11 is 0.984. The van der Waals surface area contributed by atoms with Crippen molar-refractivity contribution in [2.45, 2.75) is 50.8 Å². The molecule has 7 N–H and O–H groups in total. The fraction of sp³-hybridized carbons (Fsp3) is 0.462. The van der Waals surface area contributed by atoms with Gasteiger partial charge in [0.1, 0.15) is 23.9 Å². The SMILES string of the molecule is CC1(C)[C@H](CC(=O)/C(=N\O[C@@H](COc2ccc(C(N)=NC3CCNCC3)cc2)C(=O)O)c2csc(N)n2)C(=O)N1OS(=O)(=O)O. The van der Waals surface area contributed by atoms with Crippen molar-refractivity contribution in [1.29, 1.82) is 0 Å². The molecule has 17 nitrogen and oxygen atoms in total. The molecule has 0 aliphatic carbocycles. The summed E-state index contributed by atoms with van der Waals surface area (Å²) in [7, 11) is -4.99. The van der Waals surface area contributed by atoms with Crippen LogP contribution in [0, 0.1) is 5.92 Å². The number of hydroxylamine groups is 2. The number of piperidine rings is 1. The second kappa shape index (κ2) is 13.9. The van der Waals surface area contributed by atoms with Gasteiger partial charge < -0.3 is 31.5 Å². The van der Waals surface area contributed by atoms with E-state index in [1.807, 2.05) is 0 Å². The Balaban J connectivity index is 1.43. The number of carbonyl (C=O) groups excluding carboxylic acids is 2. The van der Waals surface area contributed by atoms with Gasteiger partial charge in [-0.2, -0.15) is 13.5 Å². The highest BCUT2D eigenvalue weighted by atomic mass is 32.3. The average Bonchev–Trinajstić information content (AvgIpc) is 3.41. The van der Waals surface area contributed by atoms with Crippen LogP contribution in [0.4, 0.5) is 5.13 Å². The smallest absolute Gasteiger partial charge is 0.418 e. The van der Waals surface area contributed by atoms with E-state index >= 15 is 0 Å². The molecule has 0 bridgehead atoms. The van der Waals surface area contributed by atoms with E-state index in [-0.39, 0.29) is 16.9 Å². The van der Waals surface area contributed by atoms with Gasteiger partial charge in [0.2, 0.25) is 0 Å². The highest BCUT2D eigenvalue weighted by Crippen LogP contribution is 2.40. The van der Waals surface area contributed by atoms with Crippen LogP contribution < -0.4 is 21.5 Å². The summed E-state index contributed by atoms with van der Waals surface area (Å²) in [4.78, 5) is 51.5. The van der Waals surface area contributed by atoms with Crippen molar-refractivity contribution in [2.75, 3.05) is 25.4 Å². The van der Waals surface area contributed by atoms with Crippen LogP contribution >= 0.6 is 11.3 Å². The third-order valence-electron chi connectivity index (χ3n) is 7.19. The summed E-state index contributed by atoms with van der Waals surface area (Å²) < 4.78 is 41.0. The molecule has 2 aliphatic rings. The number of anilines is 1. The summed E-state index contributed by atoms with van der Waals surface area (Å²) in [5.41, 5.74) is 10.8. The van der Waals surface area contributed by atoms with Gasteiger partial charge in [-0.05, 0) is 64.0 Å². The molecule has 1 amide bonds. The van der Waals surface area contributed by atoms with E-state index in [2.05, 4.69) is 24.7 Å². The zero-order valence-corrected chi connectivity index (χ0v) is 25.9. The summed E-state index contributed by atoms with van der Waals surface area (Å²) in [6.07, 6.45) is -0.367. The number of nitrogens with two attached hydrogens (primary N) is 2. The normalized spacial score (nSPS) is 19.9. The molecule has 1 aromatic heterocycles. The Hall–Kier alpha value is -4.17. The van der Waals surface area contributed by atoms with E-state index in [1.165, 1.54) is 19.2 Å². The fourth-order valence-electron chi connectivity index (χ4n) is 4.65. The number of carboxylic acids is 1. The molecule has 4 rings (SSSR count). The molecule has 1 aromatic carbocycles. The standard InChI is InChI=1S/C26H33N7O10S2/c1-26(2)17(23(35)33(26)43-45(38,39)40)11-19(34)21(18-13-44-25(28)31-18)32-42-20(24(36)37)12-41-16-5-3-14(4-6-16)22(27)30-15-7-9-29-10-8-15/h3-6,13,15,17,20,29H,7-12H2,1-2H3,(H2,27,30)(H2,28,31)(H,36,37)(H,38,39,40)/b32-21-/t17-,20+/m1/s1. The van der Waals surface area contributed by atoms with Crippen LogP contribution in [0.15, 0.2) is 39.8 Å². The third kappa shape index (κ3) is 8.51. The first kappa shape index (κ1) is 33.7. The molecule has 0 saturated carbocycles. The Morgan fingerprint density at radius 2 is 1.91 bits per heavy atom. The lowest BCUT2D eigenvalue weighted by Crippen LogP contribution is -2.68. The van der Waals surface area contributed by atoms with E-state index in [4.69, 9.17) is 25.6 Å². The van der Waals surface area contributed by atoms with E-state index in [0.717, 1.165) is 37.3 Å². The number of amidine groups is 1. The number of benzene rings is 1. The van der Waals surface area contributed by atoms with Gasteiger partial charge in [0.25, 0.3) is 12.0 Å². The minimum atomic E-state index is -4.99. The first-order valence-corrected chi connectivity index (χ1v) is 15.9. The topological polar surface area (TPSA) is 258 Å². The number of carbonyl (C=O) groups is 3. The Morgan fingerprint density at radius 1 is 1.24 bits per heavy atom. The molecule has 45 heavy (non-hydrogen) atoms. The number of aliphatic carboxylic acids is 1. The molecule has 0 spiro atoms. The number of aliphatic imine (C=N–C) groups is 1. The number of hydrogen-bond donors (Lipinski definition) is 5. The largest absolute Gasteiger partial charge is 0.489 e. The number of Topliss-reactive ketones (excluding diaryl/α,β-unsaturated/α-hetero) is 1. The molecular weight excluding hydrogens is 634 g/mol. The predicted octanol–water partition coefficient (Wildman–Crippen LogP) is 0.366. The number of oxime groups is 1. The lowest BCUT2D eigenvalue weighted by molar-refractivity contribution is -0.228. The van der Waals surface area contributed by atoms with Crippen LogP contribution in [0.3, 0.4) is 0 Å². The average molecular weight is 668 g/mol. The maximum absolute atomic E-state index is 13.3. The lowest BCUT2D eigenvalue weighted by Gasteiger charge is -2.50. The van der Waals surface area contributed by atoms with Crippen molar-refractivity contribution in [2.24, 2.45) is 21.8 Å². The number of aromatic nitrogens is 1. The first-order chi connectivity index (χ1) is 21.2. The minimum Gasteiger partial charge on any atom is -0.489 e. The molecule has 2 fully saturated rings. The van der Waals surface area contributed by atoms with Gasteiger partial charge in [-0.1, -0.05) is 5.16 Å². The van der Waals surface area contributed by atoms with Gasteiger partial charge >= 0.3 is 16.4 Å². The number of nitrogen functional groups attached to an aromatic ring is 1. The maximum Gasteiger partial charge on any atom is 0.418 e. The Bertz CT molecular complexity index is 1580.